The fourth-order valence-corrected chi connectivity index (χ4v) is 2.85. The molecule has 2 heteroatoms. The summed E-state index contributed by atoms with van der Waals surface area (Å²) in [6, 6.07) is 7.76. The Kier molecular flexibility index (Phi) is 4.65. The molecule has 0 aliphatic heterocycles. The molecule has 19 heavy (non-hydrogen) atoms. The molecule has 0 bridgehead atoms. The molecule has 1 aliphatic rings. The molecule has 0 spiro atoms. The molecule has 1 unspecified atom stereocenters. The zero-order valence-corrected chi connectivity index (χ0v) is 12.0. The van der Waals surface area contributed by atoms with Gasteiger partial charge in [-0.05, 0) is 44.2 Å². The van der Waals surface area contributed by atoms with Crippen LogP contribution in [-0.2, 0) is 5.60 Å². The van der Waals surface area contributed by atoms with Gasteiger partial charge >= 0.3 is 0 Å². The van der Waals surface area contributed by atoms with Crippen LogP contribution in [0.4, 0.5) is 0 Å². The molecule has 1 atom stereocenters. The van der Waals surface area contributed by atoms with E-state index in [0.717, 1.165) is 36.1 Å². The van der Waals surface area contributed by atoms with E-state index in [1.54, 1.807) is 7.11 Å². The van der Waals surface area contributed by atoms with Gasteiger partial charge in [-0.15, -0.1) is 0 Å². The molecule has 0 radical (unpaired) electrons. The highest BCUT2D eigenvalue weighted by Gasteiger charge is 2.30. The molecule has 2 rings (SSSR count). The maximum absolute atomic E-state index is 11.0. The number of methoxy groups -OCH3 is 1. The van der Waals surface area contributed by atoms with E-state index >= 15 is 0 Å². The molecule has 0 amide bonds. The number of hydrogen-bond acceptors (Lipinski definition) is 2. The third-order valence-electron chi connectivity index (χ3n) is 4.05. The van der Waals surface area contributed by atoms with Crippen molar-refractivity contribution in [3.8, 4) is 5.75 Å². The lowest BCUT2D eigenvalue weighted by molar-refractivity contribution is 0.0892. The minimum Gasteiger partial charge on any atom is -0.496 e. The number of para-hydroxylation sites is 1. The van der Waals surface area contributed by atoms with Crippen molar-refractivity contribution in [1.29, 1.82) is 0 Å². The van der Waals surface area contributed by atoms with E-state index in [1.807, 2.05) is 31.2 Å². The maximum atomic E-state index is 11.0. The van der Waals surface area contributed by atoms with Crippen molar-refractivity contribution in [3.63, 3.8) is 0 Å². The van der Waals surface area contributed by atoms with Gasteiger partial charge in [0.15, 0.2) is 0 Å². The smallest absolute Gasteiger partial charge is 0.125 e. The second kappa shape index (κ2) is 6.25. The molecular formula is C17H24O2. The number of ether oxygens (including phenoxy) is 1. The van der Waals surface area contributed by atoms with Crippen molar-refractivity contribution in [3.05, 3.63) is 41.5 Å². The number of aliphatic hydroxyl groups is 1. The summed E-state index contributed by atoms with van der Waals surface area (Å²) in [4.78, 5) is 0. The molecule has 0 aromatic heterocycles. The van der Waals surface area contributed by atoms with Gasteiger partial charge in [0.25, 0.3) is 0 Å². The highest BCUT2D eigenvalue weighted by molar-refractivity contribution is 5.42. The molecular weight excluding hydrogens is 236 g/mol. The Hall–Kier alpha value is -1.28. The van der Waals surface area contributed by atoms with Gasteiger partial charge in [-0.1, -0.05) is 37.1 Å². The average Bonchev–Trinajstić information content (AvgIpc) is 2.37. The summed E-state index contributed by atoms with van der Waals surface area (Å²) in [6.45, 7) is 1.89. The SMILES string of the molecule is COc1ccccc1C(C)(O)/C1=C/CCCCCC1. The van der Waals surface area contributed by atoms with Crippen LogP contribution in [0.3, 0.4) is 0 Å². The highest BCUT2D eigenvalue weighted by Crippen LogP contribution is 2.38. The van der Waals surface area contributed by atoms with Gasteiger partial charge < -0.3 is 9.84 Å². The quantitative estimate of drug-likeness (QED) is 0.826. The Balaban J connectivity index is 2.34. The second-order valence-corrected chi connectivity index (χ2v) is 5.45. The Morgan fingerprint density at radius 2 is 1.84 bits per heavy atom. The number of allylic oxidation sites excluding steroid dienone is 1. The second-order valence-electron chi connectivity index (χ2n) is 5.45. The van der Waals surface area contributed by atoms with Crippen LogP contribution >= 0.6 is 0 Å². The molecule has 0 saturated heterocycles. The van der Waals surface area contributed by atoms with E-state index < -0.39 is 5.60 Å². The van der Waals surface area contributed by atoms with Gasteiger partial charge in [-0.3, -0.25) is 0 Å². The zero-order valence-electron chi connectivity index (χ0n) is 12.0. The van der Waals surface area contributed by atoms with Gasteiger partial charge in [-0.25, -0.2) is 0 Å². The summed E-state index contributed by atoms with van der Waals surface area (Å²) in [5, 5.41) is 11.0. The molecule has 0 saturated carbocycles. The Bertz CT molecular complexity index is 446. The predicted octanol–water partition coefficient (Wildman–Crippen LogP) is 4.18. The van der Waals surface area contributed by atoms with Crippen molar-refractivity contribution < 1.29 is 9.84 Å². The average molecular weight is 260 g/mol. The topological polar surface area (TPSA) is 29.5 Å². The lowest BCUT2D eigenvalue weighted by Crippen LogP contribution is -2.25. The van der Waals surface area contributed by atoms with E-state index in [9.17, 15) is 5.11 Å². The third-order valence-corrected chi connectivity index (χ3v) is 4.05. The van der Waals surface area contributed by atoms with Crippen molar-refractivity contribution in [1.82, 2.24) is 0 Å². The summed E-state index contributed by atoms with van der Waals surface area (Å²) >= 11 is 0. The van der Waals surface area contributed by atoms with Crippen LogP contribution in [0.2, 0.25) is 0 Å². The molecule has 104 valence electrons. The highest BCUT2D eigenvalue weighted by atomic mass is 16.5. The van der Waals surface area contributed by atoms with E-state index in [1.165, 1.54) is 19.3 Å². The molecule has 0 fully saturated rings. The molecule has 1 aromatic rings. The Labute approximate surface area is 116 Å². The summed E-state index contributed by atoms with van der Waals surface area (Å²) in [7, 11) is 1.65. The fourth-order valence-electron chi connectivity index (χ4n) is 2.85. The van der Waals surface area contributed by atoms with Crippen LogP contribution in [-0.4, -0.2) is 12.2 Å². The van der Waals surface area contributed by atoms with Crippen LogP contribution in [0.5, 0.6) is 5.75 Å². The summed E-state index contributed by atoms with van der Waals surface area (Å²) in [5.41, 5.74) is 1.07. The Morgan fingerprint density at radius 3 is 2.63 bits per heavy atom. The van der Waals surface area contributed by atoms with Gasteiger partial charge in [0.1, 0.15) is 11.4 Å². The normalized spacial score (nSPS) is 22.6. The molecule has 1 N–H and O–H groups in total. The molecule has 1 aromatic carbocycles. The first kappa shape index (κ1) is 14.1. The van der Waals surface area contributed by atoms with Gasteiger partial charge in [0.2, 0.25) is 0 Å². The Morgan fingerprint density at radius 1 is 1.11 bits per heavy atom. The summed E-state index contributed by atoms with van der Waals surface area (Å²) < 4.78 is 5.39. The van der Waals surface area contributed by atoms with E-state index in [-0.39, 0.29) is 0 Å². The minimum absolute atomic E-state index is 0.760. The standard InChI is InChI=1S/C17H24O2/c1-17(18,14-10-6-4-3-5-7-11-14)15-12-8-9-13-16(15)19-2/h8-10,12-13,18H,3-7,11H2,1-2H3/b14-10+. The summed E-state index contributed by atoms with van der Waals surface area (Å²) in [6.07, 6.45) is 9.24. The van der Waals surface area contributed by atoms with Gasteiger partial charge in [0.05, 0.1) is 7.11 Å². The van der Waals surface area contributed by atoms with Crippen molar-refractivity contribution in [2.45, 2.75) is 51.0 Å². The third kappa shape index (κ3) is 3.19. The van der Waals surface area contributed by atoms with Crippen LogP contribution in [0.1, 0.15) is 51.0 Å². The maximum Gasteiger partial charge on any atom is 0.125 e. The predicted molar refractivity (Wildman–Crippen MR) is 78.3 cm³/mol. The molecule has 1 aliphatic carbocycles. The van der Waals surface area contributed by atoms with Crippen molar-refractivity contribution in [2.75, 3.05) is 7.11 Å². The molecule has 0 heterocycles. The van der Waals surface area contributed by atoms with Crippen LogP contribution in [0.25, 0.3) is 0 Å². The largest absolute Gasteiger partial charge is 0.496 e. The van der Waals surface area contributed by atoms with Crippen LogP contribution < -0.4 is 4.74 Å². The number of rotatable bonds is 3. The van der Waals surface area contributed by atoms with E-state index in [2.05, 4.69) is 6.08 Å². The van der Waals surface area contributed by atoms with Gasteiger partial charge in [0, 0.05) is 5.56 Å². The first-order valence-electron chi connectivity index (χ1n) is 7.21. The molecule has 2 nitrogen and oxygen atoms in total. The fraction of sp³-hybridized carbons (Fsp3) is 0.529. The van der Waals surface area contributed by atoms with Gasteiger partial charge in [-0.2, -0.15) is 0 Å². The lowest BCUT2D eigenvalue weighted by Gasteiger charge is -2.30. The minimum atomic E-state index is -0.927. The zero-order chi connectivity index (χ0) is 13.7. The summed E-state index contributed by atoms with van der Waals surface area (Å²) in [5.74, 6) is 0.760. The monoisotopic (exact) mass is 260 g/mol. The first-order chi connectivity index (χ1) is 9.16. The van der Waals surface area contributed by atoms with E-state index in [4.69, 9.17) is 4.74 Å². The lowest BCUT2D eigenvalue weighted by atomic mass is 9.82. The van der Waals surface area contributed by atoms with E-state index in [0.29, 0.717) is 0 Å². The van der Waals surface area contributed by atoms with Crippen molar-refractivity contribution in [2.24, 2.45) is 0 Å². The number of benzene rings is 1. The van der Waals surface area contributed by atoms with Crippen LogP contribution in [0.15, 0.2) is 35.9 Å². The van der Waals surface area contributed by atoms with Crippen molar-refractivity contribution >= 4 is 0 Å². The first-order valence-corrected chi connectivity index (χ1v) is 7.21. The van der Waals surface area contributed by atoms with Crippen LogP contribution in [0, 0.1) is 0 Å². The number of hydrogen-bond donors (Lipinski definition) is 1.